The Balaban J connectivity index is 2.60. The first-order chi connectivity index (χ1) is 8.85. The number of rotatable bonds is 3. The zero-order chi connectivity index (χ0) is 14.2. The van der Waals surface area contributed by atoms with Crippen molar-refractivity contribution in [3.63, 3.8) is 0 Å². The number of carbonyl (C=O) groups excluding carboxylic acids is 1. The fourth-order valence-corrected chi connectivity index (χ4v) is 3.22. The predicted octanol–water partition coefficient (Wildman–Crippen LogP) is 1.36. The highest BCUT2D eigenvalue weighted by atomic mass is 35.5. The van der Waals surface area contributed by atoms with Gasteiger partial charge in [0.2, 0.25) is 10.0 Å². The number of nitrogens with one attached hydrogen (secondary N) is 2. The van der Waals surface area contributed by atoms with Gasteiger partial charge < -0.3 is 10.1 Å². The number of hydrogen-bond donors (Lipinski definition) is 2. The smallest absolute Gasteiger partial charge is 0.265 e. The molecular weight excluding hydrogens is 292 g/mol. The molecule has 19 heavy (non-hydrogen) atoms. The molecule has 2 N–H and O–H groups in total. The summed E-state index contributed by atoms with van der Waals surface area (Å²) in [5.41, 5.74) is 0.257. The van der Waals surface area contributed by atoms with Crippen LogP contribution in [0.25, 0.3) is 0 Å². The second-order valence-corrected chi connectivity index (χ2v) is 6.20. The highest BCUT2D eigenvalue weighted by molar-refractivity contribution is 7.89. The molecule has 1 amide bonds. The van der Waals surface area contributed by atoms with Crippen LogP contribution in [0, 0.1) is 0 Å². The highest BCUT2D eigenvalue weighted by Gasteiger charge is 2.30. The van der Waals surface area contributed by atoms with Crippen LogP contribution in [0.5, 0.6) is 5.75 Å². The summed E-state index contributed by atoms with van der Waals surface area (Å²) in [6, 6.07) is 2.74. The number of halogens is 1. The lowest BCUT2D eigenvalue weighted by molar-refractivity contribution is -0.122. The van der Waals surface area contributed by atoms with Crippen LogP contribution in [0.2, 0.25) is 5.02 Å². The lowest BCUT2D eigenvalue weighted by atomic mass is 10.2. The van der Waals surface area contributed by atoms with Crippen molar-refractivity contribution in [3.8, 4) is 5.75 Å². The van der Waals surface area contributed by atoms with E-state index >= 15 is 0 Å². The molecule has 0 saturated heterocycles. The zero-order valence-corrected chi connectivity index (χ0v) is 11.9. The fraction of sp³-hybridized carbons (Fsp3) is 0.364. The van der Waals surface area contributed by atoms with Gasteiger partial charge in [-0.05, 0) is 19.1 Å². The molecule has 1 heterocycles. The van der Waals surface area contributed by atoms with Crippen LogP contribution in [0.4, 0.5) is 5.69 Å². The SMILES string of the molecule is CCNS(=O)(=O)c1cc(Cl)cc2c1OC(C)C(=O)N2. The average molecular weight is 305 g/mol. The molecule has 1 unspecified atom stereocenters. The number of fused-ring (bicyclic) bond motifs is 1. The van der Waals surface area contributed by atoms with Gasteiger partial charge >= 0.3 is 0 Å². The van der Waals surface area contributed by atoms with E-state index in [1.807, 2.05) is 0 Å². The molecule has 0 spiro atoms. The minimum atomic E-state index is -3.73. The Hall–Kier alpha value is -1.31. The molecule has 8 heteroatoms. The predicted molar refractivity (Wildman–Crippen MR) is 71.0 cm³/mol. The fourth-order valence-electron chi connectivity index (χ4n) is 1.72. The van der Waals surface area contributed by atoms with Gasteiger partial charge in [0.1, 0.15) is 4.90 Å². The topological polar surface area (TPSA) is 84.5 Å². The molecule has 1 aromatic rings. The molecule has 0 aliphatic carbocycles. The minimum absolute atomic E-state index is 0.0799. The number of benzene rings is 1. The molecule has 0 bridgehead atoms. The summed E-state index contributed by atoms with van der Waals surface area (Å²) in [7, 11) is -3.73. The molecule has 1 aliphatic rings. The molecule has 0 fully saturated rings. The lowest BCUT2D eigenvalue weighted by Crippen LogP contribution is -2.35. The number of ether oxygens (including phenoxy) is 1. The molecule has 1 aliphatic heterocycles. The standard InChI is InChI=1S/C11H13ClN2O4S/c1-3-13-19(16,17)9-5-7(12)4-8-10(9)18-6(2)11(15)14-8/h4-6,13H,3H2,1-2H3,(H,14,15). The summed E-state index contributed by atoms with van der Waals surface area (Å²) in [6.45, 7) is 3.45. The van der Waals surface area contributed by atoms with Crippen molar-refractivity contribution >= 4 is 33.2 Å². The lowest BCUT2D eigenvalue weighted by Gasteiger charge is -2.25. The molecule has 104 valence electrons. The van der Waals surface area contributed by atoms with E-state index in [0.717, 1.165) is 0 Å². The van der Waals surface area contributed by atoms with Crippen molar-refractivity contribution in [1.82, 2.24) is 4.72 Å². The molecular formula is C11H13ClN2O4S. The molecule has 2 rings (SSSR count). The molecule has 1 atom stereocenters. The van der Waals surface area contributed by atoms with Crippen LogP contribution in [0.15, 0.2) is 17.0 Å². The van der Waals surface area contributed by atoms with Crippen molar-refractivity contribution in [3.05, 3.63) is 17.2 Å². The van der Waals surface area contributed by atoms with E-state index in [9.17, 15) is 13.2 Å². The number of amides is 1. The minimum Gasteiger partial charge on any atom is -0.477 e. The number of carbonyl (C=O) groups is 1. The van der Waals surface area contributed by atoms with Crippen molar-refractivity contribution < 1.29 is 17.9 Å². The zero-order valence-electron chi connectivity index (χ0n) is 10.4. The van der Waals surface area contributed by atoms with E-state index in [1.54, 1.807) is 6.92 Å². The highest BCUT2D eigenvalue weighted by Crippen LogP contribution is 2.38. The van der Waals surface area contributed by atoms with E-state index in [-0.39, 0.29) is 33.8 Å². The Kier molecular flexibility index (Phi) is 3.71. The Morgan fingerprint density at radius 1 is 1.47 bits per heavy atom. The van der Waals surface area contributed by atoms with Crippen LogP contribution in [-0.2, 0) is 14.8 Å². The van der Waals surface area contributed by atoms with Gasteiger partial charge in [-0.1, -0.05) is 18.5 Å². The summed E-state index contributed by atoms with van der Waals surface area (Å²) in [6.07, 6.45) is -0.760. The maximum absolute atomic E-state index is 12.1. The first-order valence-electron chi connectivity index (χ1n) is 5.66. The van der Waals surface area contributed by atoms with Crippen LogP contribution in [0.3, 0.4) is 0 Å². The molecule has 0 aromatic heterocycles. The van der Waals surface area contributed by atoms with E-state index in [0.29, 0.717) is 0 Å². The maximum Gasteiger partial charge on any atom is 0.265 e. The Morgan fingerprint density at radius 3 is 2.79 bits per heavy atom. The van der Waals surface area contributed by atoms with Gasteiger partial charge in [-0.15, -0.1) is 0 Å². The monoisotopic (exact) mass is 304 g/mol. The van der Waals surface area contributed by atoms with E-state index < -0.39 is 16.1 Å². The second kappa shape index (κ2) is 4.99. The Labute approximate surface area is 116 Å². The van der Waals surface area contributed by atoms with Gasteiger partial charge in [0.05, 0.1) is 5.69 Å². The van der Waals surface area contributed by atoms with Gasteiger partial charge in [-0.2, -0.15) is 0 Å². The average Bonchev–Trinajstić information content (AvgIpc) is 2.30. The summed E-state index contributed by atoms with van der Waals surface area (Å²) in [4.78, 5) is 11.4. The third kappa shape index (κ3) is 2.68. The summed E-state index contributed by atoms with van der Waals surface area (Å²) in [5, 5.41) is 2.77. The first-order valence-corrected chi connectivity index (χ1v) is 7.52. The third-order valence-corrected chi connectivity index (χ3v) is 4.33. The summed E-state index contributed by atoms with van der Waals surface area (Å²) < 4.78 is 31.9. The van der Waals surface area contributed by atoms with Crippen LogP contribution in [-0.4, -0.2) is 27.0 Å². The molecule has 1 aromatic carbocycles. The third-order valence-electron chi connectivity index (χ3n) is 2.57. The van der Waals surface area contributed by atoms with Crippen LogP contribution in [0.1, 0.15) is 13.8 Å². The largest absolute Gasteiger partial charge is 0.477 e. The van der Waals surface area contributed by atoms with E-state index in [2.05, 4.69) is 10.0 Å². The second-order valence-electron chi connectivity index (χ2n) is 4.03. The Morgan fingerprint density at radius 2 is 2.16 bits per heavy atom. The molecule has 0 radical (unpaired) electrons. The summed E-state index contributed by atoms with van der Waals surface area (Å²) in [5.74, 6) is -0.237. The van der Waals surface area contributed by atoms with E-state index in [1.165, 1.54) is 19.1 Å². The van der Waals surface area contributed by atoms with Gasteiger partial charge in [-0.25, -0.2) is 13.1 Å². The van der Waals surface area contributed by atoms with Gasteiger partial charge in [0, 0.05) is 11.6 Å². The number of sulfonamides is 1. The number of anilines is 1. The van der Waals surface area contributed by atoms with Gasteiger partial charge in [0.25, 0.3) is 5.91 Å². The van der Waals surface area contributed by atoms with Gasteiger partial charge in [-0.3, -0.25) is 4.79 Å². The van der Waals surface area contributed by atoms with Crippen molar-refractivity contribution in [2.24, 2.45) is 0 Å². The quantitative estimate of drug-likeness (QED) is 0.883. The van der Waals surface area contributed by atoms with E-state index in [4.69, 9.17) is 16.3 Å². The van der Waals surface area contributed by atoms with Crippen molar-refractivity contribution in [2.75, 3.05) is 11.9 Å². The van der Waals surface area contributed by atoms with Gasteiger partial charge in [0.15, 0.2) is 11.9 Å². The van der Waals surface area contributed by atoms with Crippen molar-refractivity contribution in [2.45, 2.75) is 24.8 Å². The van der Waals surface area contributed by atoms with Crippen LogP contribution < -0.4 is 14.8 Å². The molecule has 0 saturated carbocycles. The number of hydrogen-bond acceptors (Lipinski definition) is 4. The molecule has 6 nitrogen and oxygen atoms in total. The first kappa shape index (κ1) is 14.1. The normalized spacial score (nSPS) is 18.5. The maximum atomic E-state index is 12.1. The van der Waals surface area contributed by atoms with Crippen molar-refractivity contribution in [1.29, 1.82) is 0 Å². The summed E-state index contributed by atoms with van der Waals surface area (Å²) >= 11 is 5.87. The van der Waals surface area contributed by atoms with Crippen LogP contribution >= 0.6 is 11.6 Å². The Bertz CT molecular complexity index is 630.